The summed E-state index contributed by atoms with van der Waals surface area (Å²) in [6.07, 6.45) is -1.70. The van der Waals surface area contributed by atoms with Crippen LogP contribution in [-0.2, 0) is 4.79 Å². The van der Waals surface area contributed by atoms with Crippen LogP contribution < -0.4 is 10.1 Å². The Kier molecular flexibility index (Phi) is 8.72. The predicted molar refractivity (Wildman–Crippen MR) is 107 cm³/mol. The van der Waals surface area contributed by atoms with E-state index in [0.29, 0.717) is 17.0 Å². The number of carbonyl (C=O) groups excluding carboxylic acids is 1. The average Bonchev–Trinajstić information content (AvgIpc) is 2.59. The summed E-state index contributed by atoms with van der Waals surface area (Å²) in [4.78, 5) is 15.9. The zero-order valence-corrected chi connectivity index (χ0v) is 17.3. The number of unbranched alkanes of at least 4 members (excludes halogenated alkanes) is 1. The van der Waals surface area contributed by atoms with Gasteiger partial charge in [0.05, 0.1) is 6.10 Å². The fourth-order valence-corrected chi connectivity index (χ4v) is 2.55. The number of nitrogens with zero attached hydrogens (tertiary/aromatic N) is 1. The third-order valence-electron chi connectivity index (χ3n) is 4.12. The summed E-state index contributed by atoms with van der Waals surface area (Å²) in [6.45, 7) is 9.84. The van der Waals surface area contributed by atoms with Crippen LogP contribution in [0.25, 0.3) is 0 Å². The van der Waals surface area contributed by atoms with Gasteiger partial charge >= 0.3 is 6.18 Å². The van der Waals surface area contributed by atoms with Gasteiger partial charge in [-0.15, -0.1) is 0 Å². The maximum Gasteiger partial charge on any atom is 0.433 e. The molecule has 0 aliphatic carbocycles. The number of anilines is 1. The summed E-state index contributed by atoms with van der Waals surface area (Å²) < 4.78 is 45.7. The van der Waals surface area contributed by atoms with Crippen LogP contribution in [-0.4, -0.2) is 23.9 Å². The number of allylic oxidation sites excluding steroid dienone is 1. The van der Waals surface area contributed by atoms with E-state index in [9.17, 15) is 18.0 Å². The molecule has 0 radical (unpaired) electrons. The molecular weight excluding hydrogens is 369 g/mol. The van der Waals surface area contributed by atoms with Crippen LogP contribution in [0.1, 0.15) is 59.4 Å². The van der Waals surface area contributed by atoms with Crippen LogP contribution in [0.3, 0.4) is 0 Å². The van der Waals surface area contributed by atoms with Crippen molar-refractivity contribution in [2.24, 2.45) is 4.99 Å². The van der Waals surface area contributed by atoms with Gasteiger partial charge in [-0.3, -0.25) is 9.79 Å². The highest BCUT2D eigenvalue weighted by Crippen LogP contribution is 2.31. The fraction of sp³-hybridized carbons (Fsp3) is 0.524. The lowest BCUT2D eigenvalue weighted by Gasteiger charge is -2.18. The fourth-order valence-electron chi connectivity index (χ4n) is 2.55. The summed E-state index contributed by atoms with van der Waals surface area (Å²) >= 11 is 0. The van der Waals surface area contributed by atoms with E-state index >= 15 is 0 Å². The number of nitrogens with one attached hydrogen (secondary N) is 1. The summed E-state index contributed by atoms with van der Waals surface area (Å²) in [5, 5.41) is 2.55. The molecule has 0 aromatic heterocycles. The molecule has 0 aliphatic heterocycles. The van der Waals surface area contributed by atoms with E-state index in [-0.39, 0.29) is 11.8 Å². The Labute approximate surface area is 164 Å². The monoisotopic (exact) mass is 398 g/mol. The van der Waals surface area contributed by atoms with Gasteiger partial charge in [-0.2, -0.15) is 13.2 Å². The molecule has 1 amide bonds. The molecule has 28 heavy (non-hydrogen) atoms. The van der Waals surface area contributed by atoms with Gasteiger partial charge in [-0.25, -0.2) is 0 Å². The largest absolute Gasteiger partial charge is 0.490 e. The lowest BCUT2D eigenvalue weighted by Crippen LogP contribution is -2.21. The number of carbonyl (C=O) groups is 1. The van der Waals surface area contributed by atoms with Crippen molar-refractivity contribution in [2.75, 3.05) is 5.32 Å². The molecule has 1 unspecified atom stereocenters. The van der Waals surface area contributed by atoms with Gasteiger partial charge < -0.3 is 10.1 Å². The predicted octanol–water partition coefficient (Wildman–Crippen LogP) is 6.21. The maximum absolute atomic E-state index is 13.3. The Balaban J connectivity index is 3.10. The number of aliphatic imine (C=N–C) groups is 1. The SMILES string of the molecule is CCCCC(C)Oc1cccc(NC(=O)/C(C)=C(/N=C(C)C)C(F)(F)F)c1C. The number of hydrogen-bond acceptors (Lipinski definition) is 3. The number of ether oxygens (including phenoxy) is 1. The van der Waals surface area contributed by atoms with Crippen molar-refractivity contribution in [3.63, 3.8) is 0 Å². The Morgan fingerprint density at radius 2 is 1.89 bits per heavy atom. The van der Waals surface area contributed by atoms with Gasteiger partial charge in [0.15, 0.2) is 5.70 Å². The molecule has 0 saturated carbocycles. The number of hydrogen-bond donors (Lipinski definition) is 1. The summed E-state index contributed by atoms with van der Waals surface area (Å²) in [5.74, 6) is -0.252. The minimum absolute atomic E-state index is 0.00457. The molecule has 1 N–H and O–H groups in total. The first-order valence-corrected chi connectivity index (χ1v) is 9.34. The first-order chi connectivity index (χ1) is 13.0. The highest BCUT2D eigenvalue weighted by molar-refractivity contribution is 6.04. The highest BCUT2D eigenvalue weighted by Gasteiger charge is 2.37. The number of alkyl halides is 3. The van der Waals surface area contributed by atoms with Crippen LogP contribution in [0, 0.1) is 6.92 Å². The van der Waals surface area contributed by atoms with E-state index < -0.39 is 23.4 Å². The van der Waals surface area contributed by atoms with Crippen molar-refractivity contribution in [1.82, 2.24) is 0 Å². The van der Waals surface area contributed by atoms with E-state index in [2.05, 4.69) is 17.2 Å². The van der Waals surface area contributed by atoms with E-state index in [4.69, 9.17) is 4.74 Å². The molecular formula is C21H29F3N2O2. The minimum Gasteiger partial charge on any atom is -0.490 e. The molecule has 156 valence electrons. The molecule has 1 aromatic carbocycles. The van der Waals surface area contributed by atoms with Gasteiger partial charge in [-0.05, 0) is 53.2 Å². The molecule has 4 nitrogen and oxygen atoms in total. The van der Waals surface area contributed by atoms with Gasteiger partial charge in [0.2, 0.25) is 0 Å². The standard InChI is InChI=1S/C21H29F3N2O2/c1-7-8-10-14(4)28-18-12-9-11-17(15(18)5)26-20(27)16(6)19(21(22,23)24)25-13(2)3/h9,11-12,14H,7-8,10H2,1-6H3,(H,26,27)/b19-16+. The molecule has 0 heterocycles. The summed E-state index contributed by atoms with van der Waals surface area (Å²) in [6, 6.07) is 5.11. The molecule has 0 fully saturated rings. The molecule has 7 heteroatoms. The Hall–Kier alpha value is -2.31. The highest BCUT2D eigenvalue weighted by atomic mass is 19.4. The van der Waals surface area contributed by atoms with Crippen molar-refractivity contribution in [3.05, 3.63) is 35.0 Å². The smallest absolute Gasteiger partial charge is 0.433 e. The molecule has 1 atom stereocenters. The van der Waals surface area contributed by atoms with Gasteiger partial charge in [-0.1, -0.05) is 25.8 Å². The number of rotatable bonds is 8. The van der Waals surface area contributed by atoms with Crippen LogP contribution in [0.5, 0.6) is 5.75 Å². The molecule has 0 aliphatic rings. The van der Waals surface area contributed by atoms with E-state index in [0.717, 1.165) is 26.2 Å². The second-order valence-corrected chi connectivity index (χ2v) is 6.98. The second kappa shape index (κ2) is 10.3. The van der Waals surface area contributed by atoms with Crippen molar-refractivity contribution in [2.45, 2.75) is 73.1 Å². The average molecular weight is 398 g/mol. The number of amides is 1. The normalized spacial score (nSPS) is 13.5. The Bertz CT molecular complexity index is 749. The molecule has 1 aromatic rings. The van der Waals surface area contributed by atoms with Crippen molar-refractivity contribution in [1.29, 1.82) is 0 Å². The second-order valence-electron chi connectivity index (χ2n) is 6.98. The summed E-state index contributed by atoms with van der Waals surface area (Å²) in [7, 11) is 0. The van der Waals surface area contributed by atoms with Crippen LogP contribution in [0.4, 0.5) is 18.9 Å². The van der Waals surface area contributed by atoms with Crippen molar-refractivity contribution >= 4 is 17.3 Å². The first-order valence-electron chi connectivity index (χ1n) is 9.34. The van der Waals surface area contributed by atoms with Crippen LogP contribution in [0.2, 0.25) is 0 Å². The topological polar surface area (TPSA) is 50.7 Å². The van der Waals surface area contributed by atoms with Crippen molar-refractivity contribution in [3.8, 4) is 5.75 Å². The Morgan fingerprint density at radius 3 is 2.43 bits per heavy atom. The maximum atomic E-state index is 13.3. The van der Waals surface area contributed by atoms with Gasteiger partial charge in [0.1, 0.15) is 5.75 Å². The molecule has 1 rings (SSSR count). The Morgan fingerprint density at radius 1 is 1.25 bits per heavy atom. The molecule has 0 bridgehead atoms. The van der Waals surface area contributed by atoms with Crippen LogP contribution in [0.15, 0.2) is 34.5 Å². The molecule has 0 spiro atoms. The van der Waals surface area contributed by atoms with E-state index in [1.54, 1.807) is 25.1 Å². The number of benzene rings is 1. The lowest BCUT2D eigenvalue weighted by molar-refractivity contribution is -0.115. The first kappa shape index (κ1) is 23.7. The van der Waals surface area contributed by atoms with Crippen molar-refractivity contribution < 1.29 is 22.7 Å². The quantitative estimate of drug-likeness (QED) is 0.418. The zero-order chi connectivity index (χ0) is 21.5. The zero-order valence-electron chi connectivity index (χ0n) is 17.3. The third-order valence-corrected chi connectivity index (χ3v) is 4.12. The lowest BCUT2D eigenvalue weighted by atomic mass is 10.1. The van der Waals surface area contributed by atoms with Gasteiger partial charge in [0.25, 0.3) is 5.91 Å². The minimum atomic E-state index is -4.71. The number of halogens is 3. The summed E-state index contributed by atoms with van der Waals surface area (Å²) in [5.41, 5.74) is -0.398. The van der Waals surface area contributed by atoms with E-state index in [1.165, 1.54) is 13.8 Å². The van der Waals surface area contributed by atoms with E-state index in [1.807, 2.05) is 6.92 Å². The third kappa shape index (κ3) is 7.02. The van der Waals surface area contributed by atoms with Crippen LogP contribution >= 0.6 is 0 Å². The van der Waals surface area contributed by atoms with Gasteiger partial charge in [0, 0.05) is 22.5 Å². The molecule has 0 saturated heterocycles.